The van der Waals surface area contributed by atoms with E-state index in [1.165, 1.54) is 11.1 Å². The summed E-state index contributed by atoms with van der Waals surface area (Å²) in [5.41, 5.74) is 3.47. The topological polar surface area (TPSA) is 48.5 Å². The molecule has 0 unspecified atom stereocenters. The molecule has 0 aliphatic carbocycles. The molecule has 1 aliphatic heterocycles. The number of thiazole rings is 1. The van der Waals surface area contributed by atoms with E-state index in [1.807, 2.05) is 42.5 Å². The van der Waals surface area contributed by atoms with Crippen LogP contribution in [0.1, 0.15) is 11.3 Å². The van der Waals surface area contributed by atoms with Crippen LogP contribution in [0.5, 0.6) is 0 Å². The quantitative estimate of drug-likeness (QED) is 0.560. The summed E-state index contributed by atoms with van der Waals surface area (Å²) in [4.78, 5) is 21.7. The summed E-state index contributed by atoms with van der Waals surface area (Å²) in [5, 5.41) is 6.99. The molecule has 1 aliphatic rings. The Bertz CT molecular complexity index is 969. The molecule has 0 radical (unpaired) electrons. The summed E-state index contributed by atoms with van der Waals surface area (Å²) in [6.07, 6.45) is 0.815. The van der Waals surface area contributed by atoms with Crippen molar-refractivity contribution in [3.63, 3.8) is 0 Å². The monoisotopic (exact) mass is 454 g/mol. The molecule has 5 nitrogen and oxygen atoms in total. The normalized spacial score (nSPS) is 15.1. The van der Waals surface area contributed by atoms with Crippen LogP contribution < -0.4 is 5.32 Å². The molecule has 0 bridgehead atoms. The Hall–Kier alpha value is -2.25. The first kappa shape index (κ1) is 22.0. The highest BCUT2D eigenvalue weighted by Crippen LogP contribution is 2.24. The van der Waals surface area contributed by atoms with Crippen molar-refractivity contribution in [3.05, 3.63) is 76.3 Å². The maximum Gasteiger partial charge on any atom is 0.234 e. The van der Waals surface area contributed by atoms with Crippen LogP contribution in [0.2, 0.25) is 5.02 Å². The van der Waals surface area contributed by atoms with Gasteiger partial charge in [0.05, 0.1) is 12.2 Å². The molecule has 1 fully saturated rings. The van der Waals surface area contributed by atoms with Crippen molar-refractivity contribution < 1.29 is 4.79 Å². The predicted molar refractivity (Wildman–Crippen MR) is 127 cm³/mol. The van der Waals surface area contributed by atoms with E-state index in [-0.39, 0.29) is 5.91 Å². The van der Waals surface area contributed by atoms with Gasteiger partial charge in [-0.3, -0.25) is 14.6 Å². The SMILES string of the molecule is O=C(CN1CCN(Cc2csc(-c3ccccc3)n2)CC1)NCCc1ccc(Cl)cc1. The molecule has 162 valence electrons. The first-order valence-electron chi connectivity index (χ1n) is 10.6. The van der Waals surface area contributed by atoms with Crippen molar-refractivity contribution in [2.24, 2.45) is 0 Å². The second kappa shape index (κ2) is 10.9. The first-order valence-corrected chi connectivity index (χ1v) is 11.9. The number of carbonyl (C=O) groups is 1. The summed E-state index contributed by atoms with van der Waals surface area (Å²) in [6, 6.07) is 18.1. The van der Waals surface area contributed by atoms with Gasteiger partial charge < -0.3 is 5.32 Å². The number of hydrogen-bond acceptors (Lipinski definition) is 5. The van der Waals surface area contributed by atoms with Crippen molar-refractivity contribution in [2.45, 2.75) is 13.0 Å². The van der Waals surface area contributed by atoms with Gasteiger partial charge in [0.2, 0.25) is 5.91 Å². The minimum absolute atomic E-state index is 0.0921. The van der Waals surface area contributed by atoms with Crippen molar-refractivity contribution in [1.29, 1.82) is 0 Å². The van der Waals surface area contributed by atoms with Crippen LogP contribution in [0.3, 0.4) is 0 Å². The molecule has 7 heteroatoms. The average Bonchev–Trinajstić information content (AvgIpc) is 3.26. The molecule has 1 amide bonds. The summed E-state index contributed by atoms with van der Waals surface area (Å²) >= 11 is 7.60. The smallest absolute Gasteiger partial charge is 0.234 e. The van der Waals surface area contributed by atoms with Crippen LogP contribution in [0.25, 0.3) is 10.6 Å². The molecule has 31 heavy (non-hydrogen) atoms. The summed E-state index contributed by atoms with van der Waals surface area (Å²) in [5.74, 6) is 0.0921. The largest absolute Gasteiger partial charge is 0.355 e. The summed E-state index contributed by atoms with van der Waals surface area (Å²) < 4.78 is 0. The molecule has 1 saturated heterocycles. The Morgan fingerprint density at radius 3 is 2.45 bits per heavy atom. The highest BCUT2D eigenvalue weighted by Gasteiger charge is 2.19. The van der Waals surface area contributed by atoms with E-state index in [9.17, 15) is 4.79 Å². The van der Waals surface area contributed by atoms with Gasteiger partial charge in [-0.15, -0.1) is 11.3 Å². The maximum absolute atomic E-state index is 12.3. The number of amides is 1. The minimum Gasteiger partial charge on any atom is -0.355 e. The zero-order chi connectivity index (χ0) is 21.5. The van der Waals surface area contributed by atoms with Crippen LogP contribution in [-0.2, 0) is 17.8 Å². The molecule has 1 aromatic heterocycles. The van der Waals surface area contributed by atoms with Gasteiger partial charge in [-0.25, -0.2) is 4.98 Å². The lowest BCUT2D eigenvalue weighted by atomic mass is 10.1. The van der Waals surface area contributed by atoms with E-state index in [1.54, 1.807) is 11.3 Å². The van der Waals surface area contributed by atoms with Gasteiger partial charge >= 0.3 is 0 Å². The molecule has 3 aromatic rings. The van der Waals surface area contributed by atoms with Gasteiger partial charge in [-0.2, -0.15) is 0 Å². The number of nitrogens with one attached hydrogen (secondary N) is 1. The Kier molecular flexibility index (Phi) is 7.70. The number of nitrogens with zero attached hydrogens (tertiary/aromatic N) is 3. The van der Waals surface area contributed by atoms with Crippen molar-refractivity contribution >= 4 is 28.8 Å². The van der Waals surface area contributed by atoms with Crippen LogP contribution in [0.4, 0.5) is 0 Å². The van der Waals surface area contributed by atoms with Gasteiger partial charge in [0.25, 0.3) is 0 Å². The number of piperazine rings is 1. The lowest BCUT2D eigenvalue weighted by Crippen LogP contribution is -2.49. The number of halogens is 1. The summed E-state index contributed by atoms with van der Waals surface area (Å²) in [6.45, 7) is 5.69. The highest BCUT2D eigenvalue weighted by molar-refractivity contribution is 7.13. The van der Waals surface area contributed by atoms with Crippen molar-refractivity contribution in [2.75, 3.05) is 39.3 Å². The second-order valence-corrected chi connectivity index (χ2v) is 9.08. The third-order valence-electron chi connectivity index (χ3n) is 5.44. The van der Waals surface area contributed by atoms with E-state index in [0.29, 0.717) is 13.1 Å². The molecular formula is C24H27ClN4OS. The number of rotatable bonds is 8. The summed E-state index contributed by atoms with van der Waals surface area (Å²) in [7, 11) is 0. The third-order valence-corrected chi connectivity index (χ3v) is 6.63. The molecule has 2 heterocycles. The Balaban J connectivity index is 1.15. The highest BCUT2D eigenvalue weighted by atomic mass is 35.5. The van der Waals surface area contributed by atoms with Gasteiger partial charge in [0, 0.05) is 55.2 Å². The Labute approximate surface area is 192 Å². The molecule has 4 rings (SSSR count). The van der Waals surface area contributed by atoms with E-state index in [0.717, 1.165) is 54.9 Å². The maximum atomic E-state index is 12.3. The lowest BCUT2D eigenvalue weighted by molar-refractivity contribution is -0.122. The fraction of sp³-hybridized carbons (Fsp3) is 0.333. The zero-order valence-electron chi connectivity index (χ0n) is 17.5. The van der Waals surface area contributed by atoms with Gasteiger partial charge in [0.1, 0.15) is 5.01 Å². The fourth-order valence-electron chi connectivity index (χ4n) is 3.68. The van der Waals surface area contributed by atoms with Gasteiger partial charge in [-0.05, 0) is 24.1 Å². The van der Waals surface area contributed by atoms with Crippen LogP contribution in [-0.4, -0.2) is 60.0 Å². The lowest BCUT2D eigenvalue weighted by Gasteiger charge is -2.33. The van der Waals surface area contributed by atoms with Crippen molar-refractivity contribution in [3.8, 4) is 10.6 Å². The Morgan fingerprint density at radius 1 is 1.00 bits per heavy atom. The molecule has 2 aromatic carbocycles. The van der Waals surface area contributed by atoms with Crippen LogP contribution in [0.15, 0.2) is 60.0 Å². The number of aromatic nitrogens is 1. The second-order valence-electron chi connectivity index (χ2n) is 7.79. The number of benzene rings is 2. The number of hydrogen-bond donors (Lipinski definition) is 1. The molecule has 0 saturated carbocycles. The van der Waals surface area contributed by atoms with E-state index < -0.39 is 0 Å². The molecule has 1 N–H and O–H groups in total. The van der Waals surface area contributed by atoms with E-state index >= 15 is 0 Å². The fourth-order valence-corrected chi connectivity index (χ4v) is 4.63. The minimum atomic E-state index is 0.0921. The average molecular weight is 455 g/mol. The van der Waals surface area contributed by atoms with E-state index in [2.05, 4.69) is 32.6 Å². The zero-order valence-corrected chi connectivity index (χ0v) is 19.0. The third kappa shape index (κ3) is 6.61. The molecule has 0 spiro atoms. The van der Waals surface area contributed by atoms with Crippen molar-refractivity contribution in [1.82, 2.24) is 20.1 Å². The Morgan fingerprint density at radius 2 is 1.71 bits per heavy atom. The predicted octanol–water partition coefficient (Wildman–Crippen LogP) is 3.94. The standard InChI is InChI=1S/C24H27ClN4OS/c25-21-8-6-19(7-9-21)10-11-26-23(30)17-29-14-12-28(13-15-29)16-22-18-31-24(27-22)20-4-2-1-3-5-20/h1-9,18H,10-17H2,(H,26,30). The first-order chi connectivity index (χ1) is 15.2. The van der Waals surface area contributed by atoms with Crippen LogP contribution in [0, 0.1) is 0 Å². The molecular weight excluding hydrogens is 428 g/mol. The number of carbonyl (C=O) groups excluding carboxylic acids is 1. The van der Waals surface area contributed by atoms with Gasteiger partial charge in [-0.1, -0.05) is 54.1 Å². The van der Waals surface area contributed by atoms with E-state index in [4.69, 9.17) is 16.6 Å². The molecule has 0 atom stereocenters. The van der Waals surface area contributed by atoms with Gasteiger partial charge in [0.15, 0.2) is 0 Å². The van der Waals surface area contributed by atoms with Crippen LogP contribution >= 0.6 is 22.9 Å².